The number of amides is 1. The standard InChI is InChI=1S/C6H12N4O5/c1-4(2)3-5(7)6(11)8(9(12)13)10(14)15/h4-5H,3,7H2,1-2H3/t5-/m0/s1. The third-order valence-corrected chi connectivity index (χ3v) is 1.55. The molecule has 0 radical (unpaired) electrons. The highest BCUT2D eigenvalue weighted by Gasteiger charge is 2.40. The summed E-state index contributed by atoms with van der Waals surface area (Å²) in [6.07, 6.45) is 0.150. The van der Waals surface area contributed by atoms with Gasteiger partial charge in [0.15, 0.2) is 0 Å². The Morgan fingerprint density at radius 3 is 2.00 bits per heavy atom. The van der Waals surface area contributed by atoms with Gasteiger partial charge in [0.1, 0.15) is 0 Å². The van der Waals surface area contributed by atoms with Crippen LogP contribution in [0.1, 0.15) is 20.3 Å². The average molecular weight is 220 g/mol. The number of nitro groups is 2. The molecule has 0 aromatic heterocycles. The SMILES string of the molecule is CC(C)C[C@H](N)C(=O)N([N+](=O)[O-])[N+](=O)[O-]. The van der Waals surface area contributed by atoms with Crippen LogP contribution in [0.3, 0.4) is 0 Å². The van der Waals surface area contributed by atoms with E-state index in [2.05, 4.69) is 0 Å². The molecule has 2 N–H and O–H groups in total. The molecule has 86 valence electrons. The van der Waals surface area contributed by atoms with Crippen molar-refractivity contribution in [3.63, 3.8) is 0 Å². The first-order valence-electron chi connectivity index (χ1n) is 4.15. The zero-order valence-electron chi connectivity index (χ0n) is 8.32. The van der Waals surface area contributed by atoms with E-state index in [-0.39, 0.29) is 12.3 Å². The van der Waals surface area contributed by atoms with Crippen LogP contribution in [0.4, 0.5) is 0 Å². The number of nitrogens with zero attached hydrogens (tertiary/aromatic N) is 3. The lowest BCUT2D eigenvalue weighted by Gasteiger charge is -2.11. The Hall–Kier alpha value is -1.77. The van der Waals surface area contributed by atoms with Gasteiger partial charge < -0.3 is 5.73 Å². The lowest BCUT2D eigenvalue weighted by Crippen LogP contribution is -2.49. The van der Waals surface area contributed by atoms with Crippen molar-refractivity contribution in [2.75, 3.05) is 0 Å². The van der Waals surface area contributed by atoms with Crippen molar-refractivity contribution in [1.29, 1.82) is 0 Å². The van der Waals surface area contributed by atoms with Gasteiger partial charge in [0.05, 0.1) is 6.04 Å². The van der Waals surface area contributed by atoms with Gasteiger partial charge in [-0.15, -0.1) is 0 Å². The van der Waals surface area contributed by atoms with E-state index in [1.165, 1.54) is 0 Å². The van der Waals surface area contributed by atoms with E-state index >= 15 is 0 Å². The average Bonchev–Trinajstić information content (AvgIpc) is 2.00. The van der Waals surface area contributed by atoms with Crippen molar-refractivity contribution in [2.45, 2.75) is 26.3 Å². The van der Waals surface area contributed by atoms with E-state index in [0.717, 1.165) is 0 Å². The first-order valence-corrected chi connectivity index (χ1v) is 4.15. The summed E-state index contributed by atoms with van der Waals surface area (Å²) >= 11 is 0. The van der Waals surface area contributed by atoms with Gasteiger partial charge in [-0.3, -0.25) is 4.79 Å². The zero-order valence-corrected chi connectivity index (χ0v) is 8.32. The minimum Gasteiger partial charge on any atom is -0.319 e. The quantitative estimate of drug-likeness (QED) is 0.493. The fraction of sp³-hybridized carbons (Fsp3) is 0.833. The predicted molar refractivity (Wildman–Crippen MR) is 48.3 cm³/mol. The number of hydrazine groups is 2. The molecule has 0 bridgehead atoms. The number of hydrogen-bond donors (Lipinski definition) is 1. The monoisotopic (exact) mass is 220 g/mol. The zero-order chi connectivity index (χ0) is 12.2. The molecule has 0 aromatic rings. The molecule has 0 heterocycles. The molecular weight excluding hydrogens is 208 g/mol. The first kappa shape index (κ1) is 13.2. The molecule has 0 unspecified atom stereocenters. The summed E-state index contributed by atoms with van der Waals surface area (Å²) < 4.78 is 0. The van der Waals surface area contributed by atoms with E-state index in [0.29, 0.717) is 0 Å². The molecule has 0 aliphatic rings. The van der Waals surface area contributed by atoms with Crippen molar-refractivity contribution >= 4 is 5.91 Å². The molecule has 0 spiro atoms. The van der Waals surface area contributed by atoms with Crippen molar-refractivity contribution in [3.8, 4) is 0 Å². The Labute approximate surface area is 85.1 Å². The number of carbonyl (C=O) groups excluding carboxylic acids is 1. The topological polar surface area (TPSA) is 133 Å². The van der Waals surface area contributed by atoms with Crippen LogP contribution in [0, 0.1) is 26.1 Å². The third-order valence-electron chi connectivity index (χ3n) is 1.55. The van der Waals surface area contributed by atoms with Crippen molar-refractivity contribution in [1.82, 2.24) is 5.12 Å². The fourth-order valence-corrected chi connectivity index (χ4v) is 0.978. The molecule has 9 heteroatoms. The third kappa shape index (κ3) is 3.85. The van der Waals surface area contributed by atoms with Crippen LogP contribution in [0.2, 0.25) is 0 Å². The Morgan fingerprint density at radius 2 is 1.73 bits per heavy atom. The number of nitrogens with two attached hydrogens (primary N) is 1. The second kappa shape index (κ2) is 5.20. The van der Waals surface area contributed by atoms with Crippen molar-refractivity contribution in [2.24, 2.45) is 11.7 Å². The normalized spacial score (nSPS) is 12.3. The summed E-state index contributed by atoms with van der Waals surface area (Å²) in [5.74, 6) is -1.30. The number of hydrogen-bond acceptors (Lipinski definition) is 6. The molecule has 1 amide bonds. The second-order valence-electron chi connectivity index (χ2n) is 3.34. The highest BCUT2D eigenvalue weighted by atomic mass is 16.8. The van der Waals surface area contributed by atoms with Gasteiger partial charge in [-0.2, -0.15) is 0 Å². The van der Waals surface area contributed by atoms with Crippen LogP contribution in [0.5, 0.6) is 0 Å². The minimum absolute atomic E-state index is 0.0179. The van der Waals surface area contributed by atoms with Crippen LogP contribution in [-0.4, -0.2) is 27.1 Å². The molecule has 0 aromatic carbocycles. The van der Waals surface area contributed by atoms with E-state index in [1.54, 1.807) is 13.8 Å². The predicted octanol–water partition coefficient (Wildman–Crippen LogP) is -0.428. The molecular formula is C6H12N4O5. The maximum absolute atomic E-state index is 11.2. The summed E-state index contributed by atoms with van der Waals surface area (Å²) in [5.41, 5.74) is 5.29. The minimum atomic E-state index is -1.40. The first-order chi connectivity index (χ1) is 6.77. The summed E-state index contributed by atoms with van der Waals surface area (Å²) in [4.78, 5) is 31.6. The molecule has 15 heavy (non-hydrogen) atoms. The summed E-state index contributed by atoms with van der Waals surface area (Å²) in [5, 5.41) is 16.9. The smallest absolute Gasteiger partial charge is 0.319 e. The van der Waals surface area contributed by atoms with Crippen LogP contribution in [0.15, 0.2) is 0 Å². The molecule has 9 nitrogen and oxygen atoms in total. The summed E-state index contributed by atoms with van der Waals surface area (Å²) in [6.45, 7) is 3.49. The highest BCUT2D eigenvalue weighted by molar-refractivity contribution is 5.79. The largest absolute Gasteiger partial charge is 0.374 e. The second-order valence-corrected chi connectivity index (χ2v) is 3.34. The van der Waals surface area contributed by atoms with Crippen molar-refractivity contribution < 1.29 is 14.9 Å². The maximum Gasteiger partial charge on any atom is 0.374 e. The van der Waals surface area contributed by atoms with Gasteiger partial charge in [-0.05, 0) is 12.3 Å². The Bertz CT molecular complexity index is 265. The Morgan fingerprint density at radius 1 is 1.33 bits per heavy atom. The lowest BCUT2D eigenvalue weighted by molar-refractivity contribution is -0.884. The van der Waals surface area contributed by atoms with Crippen LogP contribution in [0.25, 0.3) is 0 Å². The van der Waals surface area contributed by atoms with Crippen LogP contribution < -0.4 is 5.73 Å². The molecule has 0 saturated heterocycles. The number of rotatable bonds is 5. The van der Waals surface area contributed by atoms with Gasteiger partial charge in [0, 0.05) is 0 Å². The van der Waals surface area contributed by atoms with Gasteiger partial charge in [0.25, 0.3) is 0 Å². The maximum atomic E-state index is 11.2. The van der Waals surface area contributed by atoms with Crippen LogP contribution in [-0.2, 0) is 4.79 Å². The van der Waals surface area contributed by atoms with E-state index < -0.39 is 27.1 Å². The number of carbonyl (C=O) groups is 1. The molecule has 0 aliphatic heterocycles. The van der Waals surface area contributed by atoms with Gasteiger partial charge in [0.2, 0.25) is 15.2 Å². The summed E-state index contributed by atoms with van der Waals surface area (Å²) in [6, 6.07) is -1.24. The fourth-order valence-electron chi connectivity index (χ4n) is 0.978. The highest BCUT2D eigenvalue weighted by Crippen LogP contribution is 2.06. The lowest BCUT2D eigenvalue weighted by atomic mass is 10.0. The summed E-state index contributed by atoms with van der Waals surface area (Å²) in [7, 11) is 0. The molecule has 0 saturated carbocycles. The van der Waals surface area contributed by atoms with Gasteiger partial charge >= 0.3 is 5.91 Å². The Balaban J connectivity index is 4.64. The molecule has 0 fully saturated rings. The van der Waals surface area contributed by atoms with Crippen molar-refractivity contribution in [3.05, 3.63) is 20.2 Å². The van der Waals surface area contributed by atoms with E-state index in [9.17, 15) is 25.0 Å². The van der Waals surface area contributed by atoms with Gasteiger partial charge in [-0.1, -0.05) is 13.8 Å². The Kier molecular flexibility index (Phi) is 4.58. The molecule has 0 aliphatic carbocycles. The molecule has 1 atom stereocenters. The molecule has 0 rings (SSSR count). The van der Waals surface area contributed by atoms with Crippen LogP contribution >= 0.6 is 0 Å². The van der Waals surface area contributed by atoms with E-state index in [4.69, 9.17) is 5.73 Å². The van der Waals surface area contributed by atoms with Gasteiger partial charge in [-0.25, -0.2) is 20.2 Å². The van der Waals surface area contributed by atoms with E-state index in [1.807, 2.05) is 0 Å².